The molecule has 0 bridgehead atoms. The van der Waals surface area contributed by atoms with Crippen LogP contribution in [0.5, 0.6) is 0 Å². The highest BCUT2D eigenvalue weighted by Crippen LogP contribution is 2.18. The van der Waals surface area contributed by atoms with Crippen LogP contribution in [-0.2, 0) is 7.05 Å². The molecule has 0 saturated carbocycles. The predicted molar refractivity (Wildman–Crippen MR) is 73.1 cm³/mol. The Morgan fingerprint density at radius 2 is 2.11 bits per heavy atom. The van der Waals surface area contributed by atoms with Crippen molar-refractivity contribution in [2.24, 2.45) is 7.05 Å². The Kier molecular flexibility index (Phi) is 3.17. The molecule has 98 valence electrons. The van der Waals surface area contributed by atoms with Gasteiger partial charge in [0.05, 0.1) is 5.52 Å². The van der Waals surface area contributed by atoms with Gasteiger partial charge >= 0.3 is 5.76 Å². The SMILES string of the molecule is CNC(C)(C)CNc1ccc2oc(=O)n(C)c2c1. The Bertz CT molecular complexity index is 610. The number of aromatic nitrogens is 1. The molecule has 5 nitrogen and oxygen atoms in total. The number of benzene rings is 1. The number of oxazole rings is 1. The minimum atomic E-state index is -0.335. The van der Waals surface area contributed by atoms with Gasteiger partial charge in [-0.05, 0) is 39.1 Å². The van der Waals surface area contributed by atoms with Crippen molar-refractivity contribution < 1.29 is 4.42 Å². The number of nitrogens with one attached hydrogen (secondary N) is 2. The van der Waals surface area contributed by atoms with E-state index >= 15 is 0 Å². The normalized spacial score (nSPS) is 12.0. The van der Waals surface area contributed by atoms with Crippen molar-refractivity contribution in [2.45, 2.75) is 19.4 Å². The molecule has 0 radical (unpaired) electrons. The second-order valence-electron chi connectivity index (χ2n) is 5.10. The monoisotopic (exact) mass is 249 g/mol. The lowest BCUT2D eigenvalue weighted by molar-refractivity contribution is 0.448. The van der Waals surface area contributed by atoms with E-state index in [1.807, 2.05) is 25.2 Å². The van der Waals surface area contributed by atoms with Crippen LogP contribution < -0.4 is 16.4 Å². The lowest BCUT2D eigenvalue weighted by atomic mass is 10.1. The number of anilines is 1. The third-order valence-electron chi connectivity index (χ3n) is 3.20. The third-order valence-corrected chi connectivity index (χ3v) is 3.20. The summed E-state index contributed by atoms with van der Waals surface area (Å²) in [5, 5.41) is 6.57. The molecule has 18 heavy (non-hydrogen) atoms. The first-order chi connectivity index (χ1) is 8.43. The fourth-order valence-corrected chi connectivity index (χ4v) is 1.65. The second-order valence-corrected chi connectivity index (χ2v) is 5.10. The quantitative estimate of drug-likeness (QED) is 0.863. The van der Waals surface area contributed by atoms with Crippen molar-refractivity contribution in [3.63, 3.8) is 0 Å². The van der Waals surface area contributed by atoms with E-state index in [2.05, 4.69) is 24.5 Å². The number of rotatable bonds is 4. The smallest absolute Gasteiger partial charge is 0.408 e. The van der Waals surface area contributed by atoms with Crippen LogP contribution in [0.1, 0.15) is 13.8 Å². The van der Waals surface area contributed by atoms with Gasteiger partial charge in [0.15, 0.2) is 5.58 Å². The Morgan fingerprint density at radius 1 is 1.39 bits per heavy atom. The van der Waals surface area contributed by atoms with E-state index < -0.39 is 0 Å². The van der Waals surface area contributed by atoms with Crippen LogP contribution in [0.2, 0.25) is 0 Å². The van der Waals surface area contributed by atoms with Crippen molar-refractivity contribution in [3.8, 4) is 0 Å². The van der Waals surface area contributed by atoms with Crippen LogP contribution >= 0.6 is 0 Å². The summed E-state index contributed by atoms with van der Waals surface area (Å²) in [5.74, 6) is -0.335. The van der Waals surface area contributed by atoms with Gasteiger partial charge in [-0.1, -0.05) is 0 Å². The molecule has 0 unspecified atom stereocenters. The van der Waals surface area contributed by atoms with Gasteiger partial charge in [0, 0.05) is 24.8 Å². The van der Waals surface area contributed by atoms with E-state index in [-0.39, 0.29) is 11.3 Å². The van der Waals surface area contributed by atoms with Crippen molar-refractivity contribution in [3.05, 3.63) is 28.7 Å². The van der Waals surface area contributed by atoms with E-state index in [1.54, 1.807) is 7.05 Å². The van der Waals surface area contributed by atoms with Gasteiger partial charge in [0.25, 0.3) is 0 Å². The van der Waals surface area contributed by atoms with Gasteiger partial charge in [0.2, 0.25) is 0 Å². The summed E-state index contributed by atoms with van der Waals surface area (Å²) in [4.78, 5) is 11.4. The van der Waals surface area contributed by atoms with Crippen LogP contribution in [0.25, 0.3) is 11.1 Å². The molecule has 1 aromatic heterocycles. The van der Waals surface area contributed by atoms with Crippen LogP contribution in [-0.4, -0.2) is 23.7 Å². The summed E-state index contributed by atoms with van der Waals surface area (Å²) in [6.07, 6.45) is 0. The molecule has 0 atom stereocenters. The van der Waals surface area contributed by atoms with Crippen LogP contribution in [0.4, 0.5) is 5.69 Å². The van der Waals surface area contributed by atoms with E-state index in [0.29, 0.717) is 5.58 Å². The molecule has 0 fully saturated rings. The van der Waals surface area contributed by atoms with Crippen molar-refractivity contribution in [1.29, 1.82) is 0 Å². The molecule has 0 amide bonds. The van der Waals surface area contributed by atoms with Gasteiger partial charge in [-0.25, -0.2) is 4.79 Å². The van der Waals surface area contributed by atoms with Crippen LogP contribution in [0.3, 0.4) is 0 Å². The van der Waals surface area contributed by atoms with Gasteiger partial charge < -0.3 is 15.1 Å². The highest BCUT2D eigenvalue weighted by molar-refractivity contribution is 5.77. The summed E-state index contributed by atoms with van der Waals surface area (Å²) >= 11 is 0. The molecule has 0 aliphatic rings. The minimum absolute atomic E-state index is 0.0111. The van der Waals surface area contributed by atoms with Crippen LogP contribution in [0.15, 0.2) is 27.4 Å². The first-order valence-electron chi connectivity index (χ1n) is 5.95. The Labute approximate surface area is 106 Å². The molecule has 1 aromatic carbocycles. The summed E-state index contributed by atoms with van der Waals surface area (Å²) < 4.78 is 6.59. The summed E-state index contributed by atoms with van der Waals surface area (Å²) in [5.41, 5.74) is 2.40. The van der Waals surface area contributed by atoms with E-state index in [9.17, 15) is 4.79 Å². The first kappa shape index (κ1) is 12.7. The average molecular weight is 249 g/mol. The highest BCUT2D eigenvalue weighted by Gasteiger charge is 2.14. The van der Waals surface area contributed by atoms with Crippen molar-refractivity contribution in [2.75, 3.05) is 18.9 Å². The maximum absolute atomic E-state index is 11.4. The zero-order valence-corrected chi connectivity index (χ0v) is 11.2. The zero-order chi connectivity index (χ0) is 13.3. The lowest BCUT2D eigenvalue weighted by Gasteiger charge is -2.24. The van der Waals surface area contributed by atoms with Crippen molar-refractivity contribution >= 4 is 16.8 Å². The van der Waals surface area contributed by atoms with Gasteiger partial charge in [-0.3, -0.25) is 4.57 Å². The standard InChI is InChI=1S/C13H19N3O2/c1-13(2,14-3)8-15-9-5-6-11-10(7-9)16(4)12(17)18-11/h5-7,14-15H,8H2,1-4H3. The minimum Gasteiger partial charge on any atom is -0.408 e. The number of fused-ring (bicyclic) bond motifs is 1. The third kappa shape index (κ3) is 2.41. The fourth-order valence-electron chi connectivity index (χ4n) is 1.65. The predicted octanol–water partition coefficient (Wildman–Crippen LogP) is 1.54. The van der Waals surface area contributed by atoms with E-state index in [0.717, 1.165) is 17.7 Å². The maximum Gasteiger partial charge on any atom is 0.419 e. The topological polar surface area (TPSA) is 59.2 Å². The average Bonchev–Trinajstić information content (AvgIpc) is 2.63. The summed E-state index contributed by atoms with van der Waals surface area (Å²) in [6.45, 7) is 5.03. The lowest BCUT2D eigenvalue weighted by Crippen LogP contribution is -2.42. The van der Waals surface area contributed by atoms with Gasteiger partial charge in [-0.2, -0.15) is 0 Å². The molecule has 5 heteroatoms. The zero-order valence-electron chi connectivity index (χ0n) is 11.2. The molecular formula is C13H19N3O2. The van der Waals surface area contributed by atoms with Gasteiger partial charge in [-0.15, -0.1) is 0 Å². The Hall–Kier alpha value is -1.75. The number of likely N-dealkylation sites (N-methyl/N-ethyl adjacent to an activating group) is 1. The second kappa shape index (κ2) is 4.49. The van der Waals surface area contributed by atoms with E-state index in [1.165, 1.54) is 4.57 Å². The molecule has 2 rings (SSSR count). The largest absolute Gasteiger partial charge is 0.419 e. The Morgan fingerprint density at radius 3 is 2.78 bits per heavy atom. The number of aryl methyl sites for hydroxylation is 1. The molecule has 2 N–H and O–H groups in total. The number of hydrogen-bond donors (Lipinski definition) is 2. The molecule has 2 aromatic rings. The van der Waals surface area contributed by atoms with E-state index in [4.69, 9.17) is 4.42 Å². The molecule has 0 saturated heterocycles. The fraction of sp³-hybridized carbons (Fsp3) is 0.462. The molecule has 0 aliphatic carbocycles. The van der Waals surface area contributed by atoms with Crippen molar-refractivity contribution in [1.82, 2.24) is 9.88 Å². The highest BCUT2D eigenvalue weighted by atomic mass is 16.4. The molecule has 0 spiro atoms. The Balaban J connectivity index is 2.25. The maximum atomic E-state index is 11.4. The van der Waals surface area contributed by atoms with Gasteiger partial charge in [0.1, 0.15) is 0 Å². The molecular weight excluding hydrogens is 230 g/mol. The molecule has 1 heterocycles. The summed E-state index contributed by atoms with van der Waals surface area (Å²) in [7, 11) is 3.64. The number of nitrogens with zero attached hydrogens (tertiary/aromatic N) is 1. The molecule has 0 aliphatic heterocycles. The number of hydrogen-bond acceptors (Lipinski definition) is 4. The first-order valence-corrected chi connectivity index (χ1v) is 5.95. The van der Waals surface area contributed by atoms with Crippen LogP contribution in [0, 0.1) is 0 Å². The summed E-state index contributed by atoms with van der Waals surface area (Å²) in [6, 6.07) is 5.65.